The summed E-state index contributed by atoms with van der Waals surface area (Å²) in [5.41, 5.74) is 4.03. The fraction of sp³-hybridized carbons (Fsp3) is 0.458. The molecule has 3 heterocycles. The van der Waals surface area contributed by atoms with Gasteiger partial charge in [-0.15, -0.1) is 11.3 Å². The number of amides is 1. The average molecular weight is 411 g/mol. The van der Waals surface area contributed by atoms with Gasteiger partial charge in [0.05, 0.1) is 6.04 Å². The second-order valence-electron chi connectivity index (χ2n) is 8.13. The lowest BCUT2D eigenvalue weighted by Gasteiger charge is -2.30. The van der Waals surface area contributed by atoms with Gasteiger partial charge in [-0.3, -0.25) is 9.69 Å². The average Bonchev–Trinajstić information content (AvgIpc) is 3.27. The summed E-state index contributed by atoms with van der Waals surface area (Å²) in [6.45, 7) is 8.89. The van der Waals surface area contributed by atoms with Crippen LogP contribution in [0.15, 0.2) is 34.1 Å². The Morgan fingerprint density at radius 2 is 1.86 bits per heavy atom. The highest BCUT2D eigenvalue weighted by atomic mass is 32.1. The molecule has 5 heteroatoms. The van der Waals surface area contributed by atoms with Crippen LogP contribution in [0.2, 0.25) is 0 Å². The zero-order valence-electron chi connectivity index (χ0n) is 17.6. The lowest BCUT2D eigenvalue weighted by molar-refractivity contribution is 0.0907. The Bertz CT molecular complexity index is 982. The minimum atomic E-state index is -0.118. The van der Waals surface area contributed by atoms with Gasteiger partial charge in [0, 0.05) is 22.4 Å². The smallest absolute Gasteiger partial charge is 0.287 e. The second kappa shape index (κ2) is 8.72. The number of carbonyl (C=O) groups excluding carboxylic acids is 1. The van der Waals surface area contributed by atoms with Crippen LogP contribution in [0.5, 0.6) is 0 Å². The molecule has 1 aliphatic heterocycles. The Balaban J connectivity index is 1.54. The molecule has 3 aromatic rings. The van der Waals surface area contributed by atoms with E-state index in [2.05, 4.69) is 53.7 Å². The van der Waals surface area contributed by atoms with Crippen molar-refractivity contribution in [2.45, 2.75) is 52.5 Å². The van der Waals surface area contributed by atoms with Gasteiger partial charge in [-0.1, -0.05) is 31.0 Å². The molecule has 154 valence electrons. The predicted octanol–water partition coefficient (Wildman–Crippen LogP) is 5.77. The zero-order chi connectivity index (χ0) is 20.4. The van der Waals surface area contributed by atoms with Crippen LogP contribution in [0.1, 0.15) is 63.8 Å². The van der Waals surface area contributed by atoms with E-state index in [1.165, 1.54) is 36.1 Å². The van der Waals surface area contributed by atoms with Crippen molar-refractivity contribution < 1.29 is 9.21 Å². The van der Waals surface area contributed by atoms with E-state index in [4.69, 9.17) is 4.42 Å². The molecule has 1 unspecified atom stereocenters. The van der Waals surface area contributed by atoms with Crippen molar-refractivity contribution in [3.05, 3.63) is 57.0 Å². The summed E-state index contributed by atoms with van der Waals surface area (Å²) < 4.78 is 6.04. The molecule has 4 rings (SSSR count). The van der Waals surface area contributed by atoms with E-state index in [1.807, 2.05) is 6.92 Å². The fourth-order valence-electron chi connectivity index (χ4n) is 4.30. The standard InChI is InChI=1S/C24H30N2O2S/c1-16-10-11-19-18(3)23(28-22(19)17(16)2)24(27)25-15-20(21-9-8-14-29-21)26-12-6-4-5-7-13-26/h8-11,14,20H,4-7,12-13,15H2,1-3H3,(H,25,27). The van der Waals surface area contributed by atoms with Crippen molar-refractivity contribution in [1.29, 1.82) is 0 Å². The van der Waals surface area contributed by atoms with Crippen LogP contribution in [0.3, 0.4) is 0 Å². The molecule has 0 saturated carbocycles. The van der Waals surface area contributed by atoms with E-state index in [0.29, 0.717) is 12.3 Å². The third-order valence-electron chi connectivity index (χ3n) is 6.24. The molecule has 1 saturated heterocycles. The van der Waals surface area contributed by atoms with Gasteiger partial charge >= 0.3 is 0 Å². The predicted molar refractivity (Wildman–Crippen MR) is 120 cm³/mol. The first-order chi connectivity index (χ1) is 14.1. The number of benzene rings is 1. The molecule has 1 fully saturated rings. The number of thiophene rings is 1. The normalized spacial score (nSPS) is 16.7. The van der Waals surface area contributed by atoms with Crippen molar-refractivity contribution in [2.75, 3.05) is 19.6 Å². The maximum atomic E-state index is 13.0. The number of likely N-dealkylation sites (tertiary alicyclic amines) is 1. The first kappa shape index (κ1) is 20.2. The monoisotopic (exact) mass is 410 g/mol. The Labute approximate surface area is 176 Å². The molecule has 1 amide bonds. The summed E-state index contributed by atoms with van der Waals surface area (Å²) in [5.74, 6) is 0.321. The highest BCUT2D eigenvalue weighted by Crippen LogP contribution is 2.30. The minimum absolute atomic E-state index is 0.118. The van der Waals surface area contributed by atoms with Crippen LogP contribution < -0.4 is 5.32 Å². The lowest BCUT2D eigenvalue weighted by atomic mass is 10.0. The number of carbonyl (C=O) groups is 1. The topological polar surface area (TPSA) is 45.5 Å². The molecule has 0 spiro atoms. The van der Waals surface area contributed by atoms with Crippen LogP contribution in [0.4, 0.5) is 0 Å². The molecule has 1 N–H and O–H groups in total. The van der Waals surface area contributed by atoms with Crippen LogP contribution in [0, 0.1) is 20.8 Å². The molecule has 1 atom stereocenters. The molecule has 29 heavy (non-hydrogen) atoms. The molecule has 0 aliphatic carbocycles. The summed E-state index contributed by atoms with van der Waals surface area (Å²) in [6.07, 6.45) is 5.07. The minimum Gasteiger partial charge on any atom is -0.450 e. The van der Waals surface area contributed by atoms with E-state index in [-0.39, 0.29) is 11.9 Å². The molecule has 4 nitrogen and oxygen atoms in total. The number of aryl methyl sites for hydroxylation is 3. The van der Waals surface area contributed by atoms with Crippen molar-refractivity contribution in [3.8, 4) is 0 Å². The maximum absolute atomic E-state index is 13.0. The largest absolute Gasteiger partial charge is 0.450 e. The maximum Gasteiger partial charge on any atom is 0.287 e. The number of hydrogen-bond acceptors (Lipinski definition) is 4. The molecule has 2 aromatic heterocycles. The zero-order valence-corrected chi connectivity index (χ0v) is 18.4. The Kier molecular flexibility index (Phi) is 6.07. The first-order valence-corrected chi connectivity index (χ1v) is 11.5. The van der Waals surface area contributed by atoms with Crippen LogP contribution in [0.25, 0.3) is 11.0 Å². The van der Waals surface area contributed by atoms with Gasteiger partial charge < -0.3 is 9.73 Å². The van der Waals surface area contributed by atoms with Gasteiger partial charge in [-0.2, -0.15) is 0 Å². The van der Waals surface area contributed by atoms with E-state index in [0.717, 1.165) is 35.2 Å². The quantitative estimate of drug-likeness (QED) is 0.581. The highest BCUT2D eigenvalue weighted by Gasteiger charge is 2.25. The molecule has 0 radical (unpaired) electrons. The summed E-state index contributed by atoms with van der Waals surface area (Å²) >= 11 is 1.77. The van der Waals surface area contributed by atoms with E-state index < -0.39 is 0 Å². The molecule has 1 aromatic carbocycles. The first-order valence-electron chi connectivity index (χ1n) is 10.6. The van der Waals surface area contributed by atoms with Gasteiger partial charge in [0.25, 0.3) is 5.91 Å². The number of furan rings is 1. The Hall–Kier alpha value is -2.11. The third kappa shape index (κ3) is 4.12. The van der Waals surface area contributed by atoms with Crippen LogP contribution in [-0.4, -0.2) is 30.4 Å². The molecule has 0 bridgehead atoms. The van der Waals surface area contributed by atoms with Crippen molar-refractivity contribution >= 4 is 28.2 Å². The third-order valence-corrected chi connectivity index (χ3v) is 7.21. The van der Waals surface area contributed by atoms with Gasteiger partial charge in [0.2, 0.25) is 0 Å². The van der Waals surface area contributed by atoms with Crippen molar-refractivity contribution in [1.82, 2.24) is 10.2 Å². The van der Waals surface area contributed by atoms with Gasteiger partial charge in [0.1, 0.15) is 5.58 Å². The summed E-state index contributed by atoms with van der Waals surface area (Å²) in [6, 6.07) is 8.66. The molecule has 1 aliphatic rings. The van der Waals surface area contributed by atoms with Crippen LogP contribution >= 0.6 is 11.3 Å². The number of fused-ring (bicyclic) bond motifs is 1. The number of hydrogen-bond donors (Lipinski definition) is 1. The van der Waals surface area contributed by atoms with Crippen molar-refractivity contribution in [3.63, 3.8) is 0 Å². The Morgan fingerprint density at radius 1 is 1.10 bits per heavy atom. The fourth-order valence-corrected chi connectivity index (χ4v) is 5.16. The Morgan fingerprint density at radius 3 is 2.55 bits per heavy atom. The SMILES string of the molecule is Cc1ccc2c(C)c(C(=O)NCC(c3cccs3)N3CCCCCC3)oc2c1C. The van der Waals surface area contributed by atoms with E-state index >= 15 is 0 Å². The summed E-state index contributed by atoms with van der Waals surface area (Å²) in [4.78, 5) is 16.9. The van der Waals surface area contributed by atoms with E-state index in [1.54, 1.807) is 11.3 Å². The summed E-state index contributed by atoms with van der Waals surface area (Å²) in [7, 11) is 0. The van der Waals surface area contributed by atoms with Crippen molar-refractivity contribution in [2.24, 2.45) is 0 Å². The number of rotatable bonds is 5. The summed E-state index contributed by atoms with van der Waals surface area (Å²) in [5, 5.41) is 6.32. The van der Waals surface area contributed by atoms with Crippen LogP contribution in [-0.2, 0) is 0 Å². The second-order valence-corrected chi connectivity index (χ2v) is 9.11. The molecular formula is C24H30N2O2S. The van der Waals surface area contributed by atoms with Gasteiger partial charge in [-0.05, 0) is 69.3 Å². The number of nitrogens with one attached hydrogen (secondary N) is 1. The van der Waals surface area contributed by atoms with Gasteiger partial charge in [-0.25, -0.2) is 0 Å². The highest BCUT2D eigenvalue weighted by molar-refractivity contribution is 7.10. The number of nitrogens with zero attached hydrogens (tertiary/aromatic N) is 1. The van der Waals surface area contributed by atoms with Gasteiger partial charge in [0.15, 0.2) is 5.76 Å². The molecular weight excluding hydrogens is 380 g/mol. The lowest BCUT2D eigenvalue weighted by Crippen LogP contribution is -2.38. The van der Waals surface area contributed by atoms with E-state index in [9.17, 15) is 4.79 Å².